The molecule has 8 heteroatoms. The van der Waals surface area contributed by atoms with Crippen LogP contribution < -0.4 is 5.84 Å². The van der Waals surface area contributed by atoms with Gasteiger partial charge in [-0.2, -0.15) is 5.10 Å². The normalized spacial score (nSPS) is 23.1. The molecule has 4 N–H and O–H groups in total. The summed E-state index contributed by atoms with van der Waals surface area (Å²) >= 11 is 1.50. The van der Waals surface area contributed by atoms with Crippen molar-refractivity contribution in [2.45, 2.75) is 49.1 Å². The Kier molecular flexibility index (Phi) is 3.66. The summed E-state index contributed by atoms with van der Waals surface area (Å²) in [5.41, 5.74) is 1.62. The van der Waals surface area contributed by atoms with E-state index in [0.29, 0.717) is 16.7 Å². The van der Waals surface area contributed by atoms with E-state index in [1.54, 1.807) is 0 Å². The van der Waals surface area contributed by atoms with Crippen LogP contribution in [-0.2, 0) is 0 Å². The van der Waals surface area contributed by atoms with Crippen molar-refractivity contribution in [1.82, 2.24) is 25.1 Å². The first-order chi connectivity index (χ1) is 9.65. The topological polar surface area (TPSA) is 106 Å². The summed E-state index contributed by atoms with van der Waals surface area (Å²) in [7, 11) is 0. The number of nitrogen functional groups attached to an aromatic ring is 1. The third kappa shape index (κ3) is 2.53. The number of aryl methyl sites for hydroxylation is 1. The van der Waals surface area contributed by atoms with Crippen molar-refractivity contribution in [3.63, 3.8) is 0 Å². The molecule has 2 unspecified atom stereocenters. The maximum absolute atomic E-state index is 10.0. The number of thioether (sulfide) groups is 1. The van der Waals surface area contributed by atoms with E-state index in [-0.39, 0.29) is 11.4 Å². The number of H-pyrrole nitrogens is 1. The van der Waals surface area contributed by atoms with Gasteiger partial charge in [-0.15, -0.1) is 10.2 Å². The first kappa shape index (κ1) is 13.4. The molecular weight excluding hydrogens is 276 g/mol. The first-order valence-electron chi connectivity index (χ1n) is 6.73. The monoisotopic (exact) mass is 294 g/mol. The molecule has 0 aromatic carbocycles. The molecule has 0 radical (unpaired) electrons. The van der Waals surface area contributed by atoms with E-state index in [2.05, 4.69) is 20.4 Å². The highest BCUT2D eigenvalue weighted by molar-refractivity contribution is 7.99. The van der Waals surface area contributed by atoms with Gasteiger partial charge in [0.25, 0.3) is 0 Å². The molecule has 2 heterocycles. The van der Waals surface area contributed by atoms with Crippen LogP contribution >= 0.6 is 11.8 Å². The number of hydrogen-bond acceptors (Lipinski definition) is 6. The molecule has 108 valence electrons. The zero-order valence-corrected chi connectivity index (χ0v) is 12.1. The Balaban J connectivity index is 1.80. The number of nitrogens with two attached hydrogens (primary N) is 1. The zero-order chi connectivity index (χ0) is 14.1. The van der Waals surface area contributed by atoms with Gasteiger partial charge in [0.2, 0.25) is 11.0 Å². The van der Waals surface area contributed by atoms with E-state index in [9.17, 15) is 5.11 Å². The summed E-state index contributed by atoms with van der Waals surface area (Å²) in [5.74, 6) is 6.57. The molecule has 2 aromatic rings. The molecule has 3 rings (SSSR count). The fraction of sp³-hybridized carbons (Fsp3) is 0.583. The summed E-state index contributed by atoms with van der Waals surface area (Å²) in [6.45, 7) is 1.92. The van der Waals surface area contributed by atoms with Crippen LogP contribution in [0.2, 0.25) is 0 Å². The molecule has 1 aliphatic carbocycles. The van der Waals surface area contributed by atoms with Gasteiger partial charge in [0, 0.05) is 10.9 Å². The lowest BCUT2D eigenvalue weighted by atomic mass is 9.97. The maximum atomic E-state index is 10.0. The predicted octanol–water partition coefficient (Wildman–Crippen LogP) is 1.09. The summed E-state index contributed by atoms with van der Waals surface area (Å²) in [4.78, 5) is 0. The molecule has 20 heavy (non-hydrogen) atoms. The van der Waals surface area contributed by atoms with E-state index >= 15 is 0 Å². The Labute approximate surface area is 120 Å². The average molecular weight is 294 g/mol. The summed E-state index contributed by atoms with van der Waals surface area (Å²) in [6, 6.07) is 1.87. The highest BCUT2D eigenvalue weighted by Crippen LogP contribution is 2.33. The number of aromatic amines is 1. The second-order valence-corrected chi connectivity index (χ2v) is 6.33. The van der Waals surface area contributed by atoms with E-state index in [1.807, 2.05) is 13.0 Å². The lowest BCUT2D eigenvalue weighted by Crippen LogP contribution is -2.27. The Morgan fingerprint density at radius 3 is 2.90 bits per heavy atom. The highest BCUT2D eigenvalue weighted by Gasteiger charge is 2.26. The minimum atomic E-state index is -0.290. The van der Waals surface area contributed by atoms with Gasteiger partial charge in [0.05, 0.1) is 6.10 Å². The average Bonchev–Trinajstić information content (AvgIpc) is 3.00. The minimum absolute atomic E-state index is 0.143. The van der Waals surface area contributed by atoms with Gasteiger partial charge in [0.15, 0.2) is 0 Å². The second kappa shape index (κ2) is 5.45. The zero-order valence-electron chi connectivity index (χ0n) is 11.3. The molecule has 0 amide bonds. The lowest BCUT2D eigenvalue weighted by molar-refractivity contribution is 0.137. The van der Waals surface area contributed by atoms with Crippen LogP contribution in [0, 0.1) is 6.92 Å². The largest absolute Gasteiger partial charge is 0.392 e. The molecule has 0 aliphatic heterocycles. The van der Waals surface area contributed by atoms with Crippen LogP contribution in [0.1, 0.15) is 31.4 Å². The van der Waals surface area contributed by atoms with Crippen molar-refractivity contribution in [1.29, 1.82) is 0 Å². The fourth-order valence-electron chi connectivity index (χ4n) is 2.41. The number of nitrogens with zero attached hydrogens (tertiary/aromatic N) is 4. The smallest absolute Gasteiger partial charge is 0.210 e. The molecule has 0 spiro atoms. The Morgan fingerprint density at radius 2 is 2.20 bits per heavy atom. The molecule has 0 bridgehead atoms. The highest BCUT2D eigenvalue weighted by atomic mass is 32.2. The van der Waals surface area contributed by atoms with Gasteiger partial charge < -0.3 is 10.9 Å². The van der Waals surface area contributed by atoms with E-state index < -0.39 is 0 Å². The molecule has 7 nitrogen and oxygen atoms in total. The van der Waals surface area contributed by atoms with Gasteiger partial charge in [-0.25, -0.2) is 4.68 Å². The summed E-state index contributed by atoms with van der Waals surface area (Å²) in [5, 5.41) is 26.0. The van der Waals surface area contributed by atoms with Gasteiger partial charge in [-0.05, 0) is 25.8 Å². The van der Waals surface area contributed by atoms with Gasteiger partial charge in [-0.1, -0.05) is 24.6 Å². The number of aliphatic hydroxyl groups is 1. The Hall–Kier alpha value is -1.54. The standard InChI is InChI=1S/C12H18N6OS/c1-7-6-8(15-14-7)11-16-17-12(18(11)13)20-10-5-3-2-4-9(10)19/h6,9-10,19H,2-5,13H2,1H3,(H,14,15). The van der Waals surface area contributed by atoms with Crippen molar-refractivity contribution in [2.75, 3.05) is 5.84 Å². The molecule has 1 aliphatic rings. The molecule has 1 saturated carbocycles. The number of hydrogen-bond donors (Lipinski definition) is 3. The van der Waals surface area contributed by atoms with Crippen LogP contribution in [-0.4, -0.2) is 41.5 Å². The third-order valence-corrected chi connectivity index (χ3v) is 4.87. The van der Waals surface area contributed by atoms with Crippen LogP contribution in [0.15, 0.2) is 11.2 Å². The van der Waals surface area contributed by atoms with Gasteiger partial charge in [-0.3, -0.25) is 5.10 Å². The minimum Gasteiger partial charge on any atom is -0.392 e. The van der Waals surface area contributed by atoms with E-state index in [4.69, 9.17) is 5.84 Å². The van der Waals surface area contributed by atoms with E-state index in [0.717, 1.165) is 31.4 Å². The van der Waals surface area contributed by atoms with Gasteiger partial charge >= 0.3 is 0 Å². The second-order valence-electron chi connectivity index (χ2n) is 5.12. The summed E-state index contributed by atoms with van der Waals surface area (Å²) in [6.07, 6.45) is 3.77. The quantitative estimate of drug-likeness (QED) is 0.732. The van der Waals surface area contributed by atoms with Crippen molar-refractivity contribution >= 4 is 11.8 Å². The number of aliphatic hydroxyl groups excluding tert-OH is 1. The number of aromatic nitrogens is 5. The van der Waals surface area contributed by atoms with Crippen molar-refractivity contribution < 1.29 is 5.11 Å². The number of rotatable bonds is 3. The van der Waals surface area contributed by atoms with Crippen molar-refractivity contribution in [3.8, 4) is 11.5 Å². The Morgan fingerprint density at radius 1 is 1.40 bits per heavy atom. The summed E-state index contributed by atoms with van der Waals surface area (Å²) < 4.78 is 1.45. The SMILES string of the molecule is Cc1cc(-c2nnc(SC3CCCCC3O)n2N)n[nH]1. The van der Waals surface area contributed by atoms with Gasteiger partial charge in [0.1, 0.15) is 5.69 Å². The molecule has 1 fully saturated rings. The van der Waals surface area contributed by atoms with Crippen molar-refractivity contribution in [2.24, 2.45) is 0 Å². The molecule has 2 atom stereocenters. The lowest BCUT2D eigenvalue weighted by Gasteiger charge is -2.26. The maximum Gasteiger partial charge on any atom is 0.210 e. The third-order valence-electron chi connectivity index (χ3n) is 3.52. The van der Waals surface area contributed by atoms with Crippen LogP contribution in [0.25, 0.3) is 11.5 Å². The molecule has 2 aromatic heterocycles. The van der Waals surface area contributed by atoms with Crippen molar-refractivity contribution in [3.05, 3.63) is 11.8 Å². The van der Waals surface area contributed by atoms with Crippen LogP contribution in [0.4, 0.5) is 0 Å². The molecule has 0 saturated heterocycles. The van der Waals surface area contributed by atoms with Crippen LogP contribution in [0.3, 0.4) is 0 Å². The fourth-order valence-corrected chi connectivity index (χ4v) is 3.55. The first-order valence-corrected chi connectivity index (χ1v) is 7.60. The van der Waals surface area contributed by atoms with E-state index in [1.165, 1.54) is 16.4 Å². The predicted molar refractivity (Wildman–Crippen MR) is 76.6 cm³/mol. The number of nitrogens with one attached hydrogen (secondary N) is 1. The molecular formula is C12H18N6OS. The Bertz CT molecular complexity index is 595. The van der Waals surface area contributed by atoms with Crippen LogP contribution in [0.5, 0.6) is 0 Å².